The van der Waals surface area contributed by atoms with Gasteiger partial charge in [0.15, 0.2) is 5.76 Å². The number of benzene rings is 1. The lowest BCUT2D eigenvalue weighted by Crippen LogP contribution is -2.25. The van der Waals surface area contributed by atoms with Crippen LogP contribution < -0.4 is 10.6 Å². The molecule has 0 spiro atoms. The van der Waals surface area contributed by atoms with Crippen LogP contribution in [0.3, 0.4) is 0 Å². The molecule has 18 heavy (non-hydrogen) atoms. The zero-order valence-electron chi connectivity index (χ0n) is 10.5. The van der Waals surface area contributed by atoms with Gasteiger partial charge in [-0.2, -0.15) is 0 Å². The predicted molar refractivity (Wildman–Crippen MR) is 71.7 cm³/mol. The van der Waals surface area contributed by atoms with Crippen molar-refractivity contribution in [2.75, 3.05) is 17.7 Å². The first-order chi connectivity index (χ1) is 8.61. The molecule has 0 saturated heterocycles. The average molecular weight is 244 g/mol. The molecule has 0 radical (unpaired) electrons. The van der Waals surface area contributed by atoms with Crippen molar-refractivity contribution in [2.45, 2.75) is 13.3 Å². The number of aryl methyl sites for hydroxylation is 1. The van der Waals surface area contributed by atoms with Gasteiger partial charge in [-0.1, -0.05) is 13.0 Å². The van der Waals surface area contributed by atoms with Gasteiger partial charge in [0.25, 0.3) is 5.91 Å². The van der Waals surface area contributed by atoms with Gasteiger partial charge in [0.05, 0.1) is 0 Å². The molecular formula is C14H16N2O2. The molecule has 0 aliphatic rings. The third-order valence-electron chi connectivity index (χ3n) is 2.78. The second-order valence-electron chi connectivity index (χ2n) is 4.08. The van der Waals surface area contributed by atoms with Gasteiger partial charge in [-0.25, -0.2) is 0 Å². The van der Waals surface area contributed by atoms with E-state index in [-0.39, 0.29) is 5.91 Å². The maximum absolute atomic E-state index is 12.2. The third kappa shape index (κ3) is 2.37. The standard InChI is InChI=1S/C14H16N2O2/c1-3-12-7-8-13(18-12)14(17)16(2)11-6-4-5-10(15)9-11/h4-9H,3,15H2,1-2H3. The van der Waals surface area contributed by atoms with Crippen molar-refractivity contribution in [3.05, 3.63) is 47.9 Å². The van der Waals surface area contributed by atoms with Crippen molar-refractivity contribution in [1.82, 2.24) is 0 Å². The van der Waals surface area contributed by atoms with Crippen molar-refractivity contribution < 1.29 is 9.21 Å². The molecule has 1 amide bonds. The Hall–Kier alpha value is -2.23. The number of hydrogen-bond donors (Lipinski definition) is 1. The summed E-state index contributed by atoms with van der Waals surface area (Å²) in [6, 6.07) is 10.7. The van der Waals surface area contributed by atoms with E-state index in [1.165, 1.54) is 4.90 Å². The van der Waals surface area contributed by atoms with E-state index >= 15 is 0 Å². The molecule has 1 aromatic carbocycles. The van der Waals surface area contributed by atoms with Crippen molar-refractivity contribution in [2.24, 2.45) is 0 Å². The summed E-state index contributed by atoms with van der Waals surface area (Å²) in [6.45, 7) is 1.98. The van der Waals surface area contributed by atoms with Crippen molar-refractivity contribution in [1.29, 1.82) is 0 Å². The van der Waals surface area contributed by atoms with E-state index in [4.69, 9.17) is 10.2 Å². The lowest BCUT2D eigenvalue weighted by Gasteiger charge is -2.16. The number of carbonyl (C=O) groups excluding carboxylic acids is 1. The number of amides is 1. The fourth-order valence-electron chi connectivity index (χ4n) is 1.70. The van der Waals surface area contributed by atoms with Crippen LogP contribution in [0, 0.1) is 0 Å². The first-order valence-corrected chi connectivity index (χ1v) is 5.84. The molecule has 0 atom stereocenters. The van der Waals surface area contributed by atoms with E-state index in [2.05, 4.69) is 0 Å². The lowest BCUT2D eigenvalue weighted by atomic mass is 10.2. The van der Waals surface area contributed by atoms with Crippen molar-refractivity contribution >= 4 is 17.3 Å². The average Bonchev–Trinajstić information content (AvgIpc) is 2.85. The normalized spacial score (nSPS) is 10.3. The molecule has 0 fully saturated rings. The van der Waals surface area contributed by atoms with E-state index in [9.17, 15) is 4.79 Å². The van der Waals surface area contributed by atoms with Crippen LogP contribution in [-0.2, 0) is 6.42 Å². The van der Waals surface area contributed by atoms with Crippen LogP contribution in [0.25, 0.3) is 0 Å². The van der Waals surface area contributed by atoms with Gasteiger partial charge in [0.2, 0.25) is 0 Å². The summed E-state index contributed by atoms with van der Waals surface area (Å²) in [5, 5.41) is 0. The van der Waals surface area contributed by atoms with Gasteiger partial charge in [-0.3, -0.25) is 4.79 Å². The third-order valence-corrected chi connectivity index (χ3v) is 2.78. The maximum Gasteiger partial charge on any atom is 0.293 e. The Morgan fingerprint density at radius 2 is 2.11 bits per heavy atom. The molecule has 2 aromatic rings. The minimum absolute atomic E-state index is 0.180. The Morgan fingerprint density at radius 3 is 2.72 bits per heavy atom. The fourth-order valence-corrected chi connectivity index (χ4v) is 1.70. The Bertz CT molecular complexity index is 560. The zero-order valence-corrected chi connectivity index (χ0v) is 10.5. The monoisotopic (exact) mass is 244 g/mol. The first-order valence-electron chi connectivity index (χ1n) is 5.84. The van der Waals surface area contributed by atoms with Crippen LogP contribution in [-0.4, -0.2) is 13.0 Å². The molecule has 4 nitrogen and oxygen atoms in total. The molecular weight excluding hydrogens is 228 g/mol. The number of nitrogens with two attached hydrogens (primary N) is 1. The summed E-state index contributed by atoms with van der Waals surface area (Å²) in [5.74, 6) is 0.969. The number of nitrogens with zero attached hydrogens (tertiary/aromatic N) is 1. The molecule has 2 rings (SSSR count). The minimum atomic E-state index is -0.180. The molecule has 0 saturated carbocycles. The zero-order chi connectivity index (χ0) is 13.1. The van der Waals surface area contributed by atoms with Crippen LogP contribution in [0.5, 0.6) is 0 Å². The van der Waals surface area contributed by atoms with E-state index in [0.29, 0.717) is 11.4 Å². The Kier molecular flexibility index (Phi) is 3.37. The molecule has 0 aliphatic carbocycles. The maximum atomic E-state index is 12.2. The van der Waals surface area contributed by atoms with E-state index < -0.39 is 0 Å². The van der Waals surface area contributed by atoms with Gasteiger partial charge >= 0.3 is 0 Å². The largest absolute Gasteiger partial charge is 0.456 e. The summed E-state index contributed by atoms with van der Waals surface area (Å²) >= 11 is 0. The Balaban J connectivity index is 2.23. The second-order valence-corrected chi connectivity index (χ2v) is 4.08. The smallest absolute Gasteiger partial charge is 0.293 e. The SMILES string of the molecule is CCc1ccc(C(=O)N(C)c2cccc(N)c2)o1. The number of anilines is 2. The Labute approximate surface area is 106 Å². The minimum Gasteiger partial charge on any atom is -0.456 e. The highest BCUT2D eigenvalue weighted by Crippen LogP contribution is 2.19. The van der Waals surface area contributed by atoms with Crippen molar-refractivity contribution in [3.8, 4) is 0 Å². The summed E-state index contributed by atoms with van der Waals surface area (Å²) in [7, 11) is 1.70. The van der Waals surface area contributed by atoms with Gasteiger partial charge in [-0.05, 0) is 30.3 Å². The van der Waals surface area contributed by atoms with Crippen LogP contribution in [0.4, 0.5) is 11.4 Å². The van der Waals surface area contributed by atoms with Crippen LogP contribution in [0.2, 0.25) is 0 Å². The molecule has 94 valence electrons. The lowest BCUT2D eigenvalue weighted by molar-refractivity contribution is 0.0965. The van der Waals surface area contributed by atoms with Crippen LogP contribution >= 0.6 is 0 Å². The molecule has 0 bridgehead atoms. The van der Waals surface area contributed by atoms with Gasteiger partial charge in [-0.15, -0.1) is 0 Å². The number of carbonyl (C=O) groups is 1. The van der Waals surface area contributed by atoms with E-state index in [1.54, 1.807) is 25.2 Å². The number of rotatable bonds is 3. The second kappa shape index (κ2) is 4.96. The molecule has 1 aromatic heterocycles. The highest BCUT2D eigenvalue weighted by Gasteiger charge is 2.17. The highest BCUT2D eigenvalue weighted by atomic mass is 16.4. The number of hydrogen-bond acceptors (Lipinski definition) is 3. The summed E-state index contributed by atoms with van der Waals surface area (Å²) < 4.78 is 5.44. The first kappa shape index (κ1) is 12.2. The quantitative estimate of drug-likeness (QED) is 0.844. The summed E-state index contributed by atoms with van der Waals surface area (Å²) in [5.41, 5.74) is 7.07. The molecule has 4 heteroatoms. The van der Waals surface area contributed by atoms with Gasteiger partial charge in [0.1, 0.15) is 5.76 Å². The fraction of sp³-hybridized carbons (Fsp3) is 0.214. The Morgan fingerprint density at radius 1 is 1.33 bits per heavy atom. The van der Waals surface area contributed by atoms with Crippen LogP contribution in [0.15, 0.2) is 40.8 Å². The van der Waals surface area contributed by atoms with Crippen molar-refractivity contribution in [3.63, 3.8) is 0 Å². The topological polar surface area (TPSA) is 59.5 Å². The summed E-state index contributed by atoms with van der Waals surface area (Å²) in [4.78, 5) is 13.7. The molecule has 0 unspecified atom stereocenters. The van der Waals surface area contributed by atoms with Crippen LogP contribution in [0.1, 0.15) is 23.2 Å². The predicted octanol–water partition coefficient (Wildman–Crippen LogP) is 2.70. The molecule has 2 N–H and O–H groups in total. The molecule has 1 heterocycles. The van der Waals surface area contributed by atoms with E-state index in [1.807, 2.05) is 25.1 Å². The molecule has 0 aliphatic heterocycles. The number of nitrogen functional groups attached to an aromatic ring is 1. The summed E-state index contributed by atoms with van der Waals surface area (Å²) in [6.07, 6.45) is 0.773. The van der Waals surface area contributed by atoms with E-state index in [0.717, 1.165) is 17.9 Å². The number of furan rings is 1. The van der Waals surface area contributed by atoms with Gasteiger partial charge in [0, 0.05) is 24.8 Å². The highest BCUT2D eigenvalue weighted by molar-refractivity contribution is 6.04. The van der Waals surface area contributed by atoms with Gasteiger partial charge < -0.3 is 15.1 Å².